The number of fused-ring (bicyclic) bond motifs is 1. The molecule has 1 saturated carbocycles. The molecule has 2 atom stereocenters. The molecule has 1 heterocycles. The summed E-state index contributed by atoms with van der Waals surface area (Å²) < 4.78 is 0. The van der Waals surface area contributed by atoms with E-state index in [0.717, 1.165) is 11.4 Å². The highest BCUT2D eigenvalue weighted by Gasteiger charge is 2.23. The lowest BCUT2D eigenvalue weighted by Gasteiger charge is -2.19. The Morgan fingerprint density at radius 2 is 2.31 bits per heavy atom. The summed E-state index contributed by atoms with van der Waals surface area (Å²) in [6.45, 7) is 2.33. The lowest BCUT2D eigenvalue weighted by molar-refractivity contribution is 0.557. The van der Waals surface area contributed by atoms with Crippen molar-refractivity contribution in [3.05, 3.63) is 24.4 Å². The molecule has 3 rings (SSSR count). The van der Waals surface area contributed by atoms with Crippen molar-refractivity contribution in [3.63, 3.8) is 0 Å². The number of aromatic amines is 1. The molecular formula is C13H17N3. The third-order valence-electron chi connectivity index (χ3n) is 3.69. The number of hydrogen-bond donors (Lipinski definition) is 2. The van der Waals surface area contributed by atoms with E-state index in [1.54, 1.807) is 0 Å². The second-order valence-corrected chi connectivity index (χ2v) is 4.80. The van der Waals surface area contributed by atoms with Gasteiger partial charge in [0.15, 0.2) is 0 Å². The van der Waals surface area contributed by atoms with Crippen LogP contribution in [-0.4, -0.2) is 16.2 Å². The molecule has 0 amide bonds. The number of aromatic nitrogens is 2. The molecule has 1 aliphatic carbocycles. The molecule has 1 aliphatic rings. The number of nitrogens with zero attached hydrogens (tertiary/aromatic N) is 1. The Labute approximate surface area is 95.2 Å². The molecule has 0 spiro atoms. The molecule has 0 saturated heterocycles. The van der Waals surface area contributed by atoms with Crippen LogP contribution in [0.3, 0.4) is 0 Å². The Morgan fingerprint density at radius 1 is 1.38 bits per heavy atom. The van der Waals surface area contributed by atoms with E-state index in [2.05, 4.69) is 40.6 Å². The Balaban J connectivity index is 1.91. The van der Waals surface area contributed by atoms with Crippen molar-refractivity contribution in [1.29, 1.82) is 0 Å². The third kappa shape index (κ3) is 1.56. The summed E-state index contributed by atoms with van der Waals surface area (Å²) in [5.41, 5.74) is 2.32. The summed E-state index contributed by atoms with van der Waals surface area (Å²) in [6.07, 6.45) is 5.88. The van der Waals surface area contributed by atoms with E-state index in [-0.39, 0.29) is 0 Å². The Morgan fingerprint density at radius 3 is 3.12 bits per heavy atom. The van der Waals surface area contributed by atoms with Gasteiger partial charge in [-0.1, -0.05) is 19.4 Å². The molecule has 3 heteroatoms. The van der Waals surface area contributed by atoms with Gasteiger partial charge < -0.3 is 5.32 Å². The Bertz CT molecular complexity index is 489. The highest BCUT2D eigenvalue weighted by molar-refractivity contribution is 5.90. The van der Waals surface area contributed by atoms with E-state index in [0.29, 0.717) is 6.04 Å². The maximum atomic E-state index is 4.09. The molecule has 3 nitrogen and oxygen atoms in total. The molecule has 1 aromatic carbocycles. The summed E-state index contributed by atoms with van der Waals surface area (Å²) in [4.78, 5) is 0. The van der Waals surface area contributed by atoms with Gasteiger partial charge in [-0.05, 0) is 30.9 Å². The van der Waals surface area contributed by atoms with Gasteiger partial charge in [0.25, 0.3) is 0 Å². The van der Waals surface area contributed by atoms with Crippen molar-refractivity contribution < 1.29 is 0 Å². The minimum absolute atomic E-state index is 0.625. The van der Waals surface area contributed by atoms with Gasteiger partial charge in [-0.25, -0.2) is 0 Å². The Hall–Kier alpha value is -1.51. The van der Waals surface area contributed by atoms with Crippen LogP contribution in [-0.2, 0) is 0 Å². The second kappa shape index (κ2) is 3.81. The molecule has 2 N–H and O–H groups in total. The van der Waals surface area contributed by atoms with Crippen LogP contribution in [0.4, 0.5) is 5.69 Å². The summed E-state index contributed by atoms with van der Waals surface area (Å²) in [7, 11) is 0. The third-order valence-corrected chi connectivity index (χ3v) is 3.69. The predicted molar refractivity (Wildman–Crippen MR) is 66.5 cm³/mol. The quantitative estimate of drug-likeness (QED) is 0.807. The second-order valence-electron chi connectivity index (χ2n) is 4.80. The minimum atomic E-state index is 0.625. The topological polar surface area (TPSA) is 40.7 Å². The molecule has 0 bridgehead atoms. The van der Waals surface area contributed by atoms with E-state index >= 15 is 0 Å². The van der Waals surface area contributed by atoms with Crippen molar-refractivity contribution in [2.45, 2.75) is 32.2 Å². The van der Waals surface area contributed by atoms with Gasteiger partial charge in [-0.2, -0.15) is 5.10 Å². The smallest absolute Gasteiger partial charge is 0.0671 e. The standard InChI is InChI=1S/C13H17N3/c1-9-4-2-5-11(9)15-12-6-3-7-13-10(12)8-14-16-13/h3,6-9,11,15H,2,4-5H2,1H3,(H,14,16). The fraction of sp³-hybridized carbons (Fsp3) is 0.462. The van der Waals surface area contributed by atoms with E-state index in [9.17, 15) is 0 Å². The van der Waals surface area contributed by atoms with Crippen molar-refractivity contribution in [2.24, 2.45) is 5.92 Å². The highest BCUT2D eigenvalue weighted by Crippen LogP contribution is 2.30. The zero-order valence-electron chi connectivity index (χ0n) is 9.53. The number of rotatable bonds is 2. The number of anilines is 1. The normalized spacial score (nSPS) is 25.1. The largest absolute Gasteiger partial charge is 0.381 e. The number of hydrogen-bond acceptors (Lipinski definition) is 2. The fourth-order valence-electron chi connectivity index (χ4n) is 2.65. The average Bonchev–Trinajstić information content (AvgIpc) is 2.89. The molecule has 2 unspecified atom stereocenters. The van der Waals surface area contributed by atoms with E-state index in [1.807, 2.05) is 6.20 Å². The average molecular weight is 215 g/mol. The first-order chi connectivity index (χ1) is 7.84. The lowest BCUT2D eigenvalue weighted by atomic mass is 10.1. The predicted octanol–water partition coefficient (Wildman–Crippen LogP) is 3.16. The molecule has 2 aromatic rings. The molecule has 0 radical (unpaired) electrons. The maximum Gasteiger partial charge on any atom is 0.0671 e. The Kier molecular flexibility index (Phi) is 2.31. The van der Waals surface area contributed by atoms with E-state index in [1.165, 1.54) is 30.3 Å². The SMILES string of the molecule is CC1CCCC1Nc1cccc2[nH]ncc12. The minimum Gasteiger partial charge on any atom is -0.381 e. The lowest BCUT2D eigenvalue weighted by Crippen LogP contribution is -2.21. The summed E-state index contributed by atoms with van der Waals surface area (Å²) in [5, 5.41) is 12.0. The van der Waals surface area contributed by atoms with Gasteiger partial charge in [0.1, 0.15) is 0 Å². The van der Waals surface area contributed by atoms with Gasteiger partial charge in [0.2, 0.25) is 0 Å². The first-order valence-corrected chi connectivity index (χ1v) is 6.03. The molecule has 0 aliphatic heterocycles. The van der Waals surface area contributed by atoms with Crippen molar-refractivity contribution in [1.82, 2.24) is 10.2 Å². The molecular weight excluding hydrogens is 198 g/mol. The zero-order chi connectivity index (χ0) is 11.0. The van der Waals surface area contributed by atoms with Crippen LogP contribution in [0, 0.1) is 5.92 Å². The summed E-state index contributed by atoms with van der Waals surface area (Å²) >= 11 is 0. The van der Waals surface area contributed by atoms with E-state index < -0.39 is 0 Å². The molecule has 1 aromatic heterocycles. The van der Waals surface area contributed by atoms with Crippen LogP contribution < -0.4 is 5.32 Å². The zero-order valence-corrected chi connectivity index (χ0v) is 9.53. The van der Waals surface area contributed by atoms with Gasteiger partial charge in [0, 0.05) is 17.1 Å². The maximum absolute atomic E-state index is 4.09. The van der Waals surface area contributed by atoms with Crippen LogP contribution in [0.25, 0.3) is 10.9 Å². The number of H-pyrrole nitrogens is 1. The van der Waals surface area contributed by atoms with Gasteiger partial charge >= 0.3 is 0 Å². The van der Waals surface area contributed by atoms with Crippen molar-refractivity contribution >= 4 is 16.6 Å². The van der Waals surface area contributed by atoms with Crippen LogP contribution in [0.1, 0.15) is 26.2 Å². The molecule has 84 valence electrons. The van der Waals surface area contributed by atoms with Crippen LogP contribution in [0.2, 0.25) is 0 Å². The van der Waals surface area contributed by atoms with Gasteiger partial charge in [-0.15, -0.1) is 0 Å². The van der Waals surface area contributed by atoms with Gasteiger partial charge in [-0.3, -0.25) is 5.10 Å². The van der Waals surface area contributed by atoms with Crippen LogP contribution in [0.5, 0.6) is 0 Å². The molecule has 1 fully saturated rings. The first kappa shape index (κ1) is 9.70. The number of nitrogens with one attached hydrogen (secondary N) is 2. The monoisotopic (exact) mass is 215 g/mol. The van der Waals surface area contributed by atoms with E-state index in [4.69, 9.17) is 0 Å². The highest BCUT2D eigenvalue weighted by atomic mass is 15.1. The fourth-order valence-corrected chi connectivity index (χ4v) is 2.65. The first-order valence-electron chi connectivity index (χ1n) is 6.03. The summed E-state index contributed by atoms with van der Waals surface area (Å²) in [5.74, 6) is 0.780. The number of benzene rings is 1. The van der Waals surface area contributed by atoms with Gasteiger partial charge in [0.05, 0.1) is 11.7 Å². The van der Waals surface area contributed by atoms with Crippen molar-refractivity contribution in [2.75, 3.05) is 5.32 Å². The van der Waals surface area contributed by atoms with Crippen molar-refractivity contribution in [3.8, 4) is 0 Å². The summed E-state index contributed by atoms with van der Waals surface area (Å²) in [6, 6.07) is 6.90. The van der Waals surface area contributed by atoms with Crippen LogP contribution >= 0.6 is 0 Å². The molecule has 16 heavy (non-hydrogen) atoms. The van der Waals surface area contributed by atoms with Crippen LogP contribution in [0.15, 0.2) is 24.4 Å².